The van der Waals surface area contributed by atoms with Gasteiger partial charge in [-0.1, -0.05) is 27.7 Å². The molecule has 2 aliphatic carbocycles. The third kappa shape index (κ3) is 4.72. The number of rotatable bonds is 6. The van der Waals surface area contributed by atoms with Gasteiger partial charge in [0.05, 0.1) is 11.5 Å². The van der Waals surface area contributed by atoms with Crippen molar-refractivity contribution >= 4 is 23.2 Å². The number of aliphatic carboxylic acids is 1. The minimum absolute atomic E-state index is 0.115. The summed E-state index contributed by atoms with van der Waals surface area (Å²) in [6, 6.07) is 2.63. The summed E-state index contributed by atoms with van der Waals surface area (Å²) < 4.78 is 5.48. The molecular formula is C27H32N2O8. The van der Waals surface area contributed by atoms with E-state index < -0.39 is 45.6 Å². The maximum atomic E-state index is 13.7. The zero-order chi connectivity index (χ0) is 27.4. The second kappa shape index (κ2) is 9.00. The van der Waals surface area contributed by atoms with E-state index in [9.17, 15) is 34.7 Å². The summed E-state index contributed by atoms with van der Waals surface area (Å²) in [5.74, 6) is -3.23. The zero-order valence-electron chi connectivity index (χ0n) is 21.7. The van der Waals surface area contributed by atoms with Gasteiger partial charge >= 0.3 is 11.7 Å². The van der Waals surface area contributed by atoms with Gasteiger partial charge in [-0.3, -0.25) is 24.5 Å². The fourth-order valence-corrected chi connectivity index (χ4v) is 5.89. The van der Waals surface area contributed by atoms with Crippen LogP contribution < -0.4 is 4.74 Å². The largest absolute Gasteiger partial charge is 0.500 e. The van der Waals surface area contributed by atoms with Crippen LogP contribution in [0.5, 0.6) is 11.5 Å². The molecule has 0 fully saturated rings. The summed E-state index contributed by atoms with van der Waals surface area (Å²) in [4.78, 5) is 52.0. The van der Waals surface area contributed by atoms with Crippen molar-refractivity contribution in [1.29, 1.82) is 0 Å². The van der Waals surface area contributed by atoms with Crippen LogP contribution in [0.15, 0.2) is 34.7 Å². The Labute approximate surface area is 214 Å². The number of nitrogens with zero attached hydrogens (tertiary/aromatic N) is 2. The van der Waals surface area contributed by atoms with Crippen LogP contribution in [0.25, 0.3) is 0 Å². The Balaban J connectivity index is 2.07. The SMILES string of the molecule is CCOc1cc(C2C3=C(CC(C)(C)CC3=O)N(CC(=O)O)C3=C2C(=O)CC(C)(C)C3)cc([N+](=O)[O-])c1O. The van der Waals surface area contributed by atoms with Gasteiger partial charge < -0.3 is 19.8 Å². The first kappa shape index (κ1) is 26.4. The van der Waals surface area contributed by atoms with E-state index in [2.05, 4.69) is 0 Å². The van der Waals surface area contributed by atoms with Gasteiger partial charge in [-0.15, -0.1) is 0 Å². The van der Waals surface area contributed by atoms with E-state index in [4.69, 9.17) is 4.74 Å². The number of phenols is 1. The smallest absolute Gasteiger partial charge is 0.323 e. The second-order valence-corrected chi connectivity index (χ2v) is 11.6. The maximum Gasteiger partial charge on any atom is 0.323 e. The quantitative estimate of drug-likeness (QED) is 0.416. The maximum absolute atomic E-state index is 13.7. The van der Waals surface area contributed by atoms with E-state index in [0.29, 0.717) is 24.2 Å². The number of benzene rings is 1. The molecule has 10 nitrogen and oxygen atoms in total. The standard InChI is InChI=1S/C27H32N2O8/c1-6-37-20-8-14(7-15(25(20)34)29(35)36)22-23-16(9-26(2,3)11-18(23)30)28(13-21(32)33)17-10-27(4,5)12-19(31)24(17)22/h7-8,22,34H,6,9-13H2,1-5H3,(H,32,33). The number of carboxylic acid groups (broad SMARTS) is 1. The van der Waals surface area contributed by atoms with Crippen LogP contribution >= 0.6 is 0 Å². The van der Waals surface area contributed by atoms with Crippen molar-refractivity contribution < 1.29 is 34.3 Å². The third-order valence-electron chi connectivity index (χ3n) is 7.22. The van der Waals surface area contributed by atoms with Crippen LogP contribution in [0.4, 0.5) is 5.69 Å². The molecule has 1 aliphatic heterocycles. The van der Waals surface area contributed by atoms with Gasteiger partial charge in [-0.05, 0) is 42.2 Å². The molecule has 1 heterocycles. The molecule has 0 unspecified atom stereocenters. The average Bonchev–Trinajstić information content (AvgIpc) is 2.74. The van der Waals surface area contributed by atoms with E-state index in [1.807, 2.05) is 27.7 Å². The highest BCUT2D eigenvalue weighted by atomic mass is 16.6. The van der Waals surface area contributed by atoms with Gasteiger partial charge in [-0.25, -0.2) is 0 Å². The first-order valence-corrected chi connectivity index (χ1v) is 12.3. The van der Waals surface area contributed by atoms with E-state index in [0.717, 1.165) is 0 Å². The number of allylic oxidation sites excluding steroid dienone is 4. The van der Waals surface area contributed by atoms with Crippen molar-refractivity contribution in [3.63, 3.8) is 0 Å². The number of ether oxygens (including phenoxy) is 1. The number of phenolic OH excluding ortho intramolecular Hbond substituents is 1. The van der Waals surface area contributed by atoms with Crippen molar-refractivity contribution in [3.05, 3.63) is 50.4 Å². The van der Waals surface area contributed by atoms with Gasteiger partial charge in [0.15, 0.2) is 17.3 Å². The van der Waals surface area contributed by atoms with Crippen molar-refractivity contribution in [3.8, 4) is 11.5 Å². The molecule has 3 aliphatic rings. The first-order chi connectivity index (χ1) is 17.2. The van der Waals surface area contributed by atoms with Crippen LogP contribution in [0, 0.1) is 20.9 Å². The molecule has 4 rings (SSSR count). The monoisotopic (exact) mass is 512 g/mol. The summed E-state index contributed by atoms with van der Waals surface area (Å²) in [7, 11) is 0. The Hall–Kier alpha value is -3.69. The lowest BCUT2D eigenvalue weighted by Crippen LogP contribution is -2.45. The number of nitro benzene ring substituents is 1. The van der Waals surface area contributed by atoms with Crippen molar-refractivity contribution in [2.45, 2.75) is 66.2 Å². The number of carbonyl (C=O) groups excluding carboxylic acids is 2. The number of hydrogen-bond donors (Lipinski definition) is 2. The summed E-state index contributed by atoms with van der Waals surface area (Å²) in [6.45, 7) is 9.12. The van der Waals surface area contributed by atoms with Gasteiger partial charge in [0.1, 0.15) is 6.54 Å². The predicted molar refractivity (Wildman–Crippen MR) is 133 cm³/mol. The molecule has 10 heteroatoms. The topological polar surface area (TPSA) is 147 Å². The van der Waals surface area contributed by atoms with Crippen molar-refractivity contribution in [1.82, 2.24) is 4.90 Å². The van der Waals surface area contributed by atoms with E-state index in [1.165, 1.54) is 12.1 Å². The molecule has 1 aromatic rings. The fraction of sp³-hybridized carbons (Fsp3) is 0.519. The normalized spacial score (nSPS) is 21.1. The van der Waals surface area contributed by atoms with E-state index >= 15 is 0 Å². The van der Waals surface area contributed by atoms with Crippen LogP contribution in [0.2, 0.25) is 0 Å². The first-order valence-electron chi connectivity index (χ1n) is 12.3. The summed E-state index contributed by atoms with van der Waals surface area (Å²) in [5, 5.41) is 32.0. The second-order valence-electron chi connectivity index (χ2n) is 11.6. The van der Waals surface area contributed by atoms with Crippen LogP contribution in [0.1, 0.15) is 71.8 Å². The Morgan fingerprint density at radius 1 is 1.05 bits per heavy atom. The van der Waals surface area contributed by atoms with Crippen LogP contribution in [-0.4, -0.2) is 50.7 Å². The fourth-order valence-electron chi connectivity index (χ4n) is 5.89. The predicted octanol–water partition coefficient (Wildman–Crippen LogP) is 4.47. The highest BCUT2D eigenvalue weighted by Gasteiger charge is 2.49. The molecule has 0 bridgehead atoms. The number of Topliss-reactive ketones (excluding diaryl/α,β-unsaturated/α-hetero) is 2. The third-order valence-corrected chi connectivity index (χ3v) is 7.22. The number of nitro groups is 1. The highest BCUT2D eigenvalue weighted by molar-refractivity contribution is 6.07. The van der Waals surface area contributed by atoms with E-state index in [1.54, 1.807) is 11.8 Å². The lowest BCUT2D eigenvalue weighted by Gasteiger charge is -2.48. The van der Waals surface area contributed by atoms with Crippen LogP contribution in [0.3, 0.4) is 0 Å². The van der Waals surface area contributed by atoms with E-state index in [-0.39, 0.29) is 53.5 Å². The molecule has 198 valence electrons. The molecule has 0 spiro atoms. The Kier molecular flexibility index (Phi) is 6.42. The lowest BCUT2D eigenvalue weighted by atomic mass is 9.63. The molecule has 0 saturated carbocycles. The molecule has 37 heavy (non-hydrogen) atoms. The van der Waals surface area contributed by atoms with Gasteiger partial charge in [0.2, 0.25) is 5.75 Å². The number of ketones is 2. The lowest BCUT2D eigenvalue weighted by molar-refractivity contribution is -0.386. The minimum atomic E-state index is -1.09. The molecule has 0 saturated heterocycles. The highest BCUT2D eigenvalue weighted by Crippen LogP contribution is 2.55. The molecule has 0 atom stereocenters. The summed E-state index contributed by atoms with van der Waals surface area (Å²) in [5.41, 5.74) is 0.444. The summed E-state index contributed by atoms with van der Waals surface area (Å²) >= 11 is 0. The number of carbonyl (C=O) groups is 3. The Bertz CT molecular complexity index is 1230. The Morgan fingerprint density at radius 2 is 1.57 bits per heavy atom. The minimum Gasteiger partial charge on any atom is -0.500 e. The van der Waals surface area contributed by atoms with Crippen LogP contribution in [-0.2, 0) is 14.4 Å². The van der Waals surface area contributed by atoms with Gasteiger partial charge in [-0.2, -0.15) is 0 Å². The van der Waals surface area contributed by atoms with Gasteiger partial charge in [0, 0.05) is 47.4 Å². The molecular weight excluding hydrogens is 480 g/mol. The van der Waals surface area contributed by atoms with Crippen molar-refractivity contribution in [2.75, 3.05) is 13.2 Å². The molecule has 0 amide bonds. The molecule has 1 aromatic carbocycles. The van der Waals surface area contributed by atoms with Gasteiger partial charge in [0.25, 0.3) is 0 Å². The number of hydrogen-bond acceptors (Lipinski definition) is 8. The molecule has 0 radical (unpaired) electrons. The molecule has 0 aromatic heterocycles. The zero-order valence-corrected chi connectivity index (χ0v) is 21.7. The molecule has 2 N–H and O–H groups in total. The number of carboxylic acids is 1. The Morgan fingerprint density at radius 3 is 2.00 bits per heavy atom. The average molecular weight is 513 g/mol. The number of aromatic hydroxyl groups is 1. The van der Waals surface area contributed by atoms with Crippen molar-refractivity contribution in [2.24, 2.45) is 10.8 Å². The summed E-state index contributed by atoms with van der Waals surface area (Å²) in [6.07, 6.45) is 1.18.